The molecule has 0 fully saturated rings. The number of aliphatic imine (C=N–C) groups is 1. The van der Waals surface area contributed by atoms with E-state index in [1.807, 2.05) is 18.5 Å². The first-order chi connectivity index (χ1) is 10.9. The highest BCUT2D eigenvalue weighted by molar-refractivity contribution is 14.0. The molecular formula is C17H35IN6. The molecule has 0 spiro atoms. The van der Waals surface area contributed by atoms with Crippen LogP contribution in [0.5, 0.6) is 0 Å². The Balaban J connectivity index is 0.00000529. The van der Waals surface area contributed by atoms with Crippen molar-refractivity contribution in [2.24, 2.45) is 17.5 Å². The third-order valence-electron chi connectivity index (χ3n) is 4.10. The minimum atomic E-state index is 0. The van der Waals surface area contributed by atoms with E-state index in [0.717, 1.165) is 30.7 Å². The number of nitrogens with one attached hydrogen (secondary N) is 2. The van der Waals surface area contributed by atoms with Crippen LogP contribution in [-0.4, -0.2) is 33.8 Å². The molecule has 0 saturated heterocycles. The van der Waals surface area contributed by atoms with E-state index in [-0.39, 0.29) is 29.4 Å². The van der Waals surface area contributed by atoms with Crippen molar-refractivity contribution in [3.05, 3.63) is 11.6 Å². The second-order valence-electron chi connectivity index (χ2n) is 6.89. The van der Waals surface area contributed by atoms with Crippen molar-refractivity contribution >= 4 is 29.9 Å². The lowest BCUT2D eigenvalue weighted by Crippen LogP contribution is -2.42. The molecule has 0 unspecified atom stereocenters. The highest BCUT2D eigenvalue weighted by Crippen LogP contribution is 2.22. The molecule has 140 valence electrons. The molecule has 1 rings (SSSR count). The summed E-state index contributed by atoms with van der Waals surface area (Å²) >= 11 is 0. The van der Waals surface area contributed by atoms with Crippen molar-refractivity contribution < 1.29 is 0 Å². The summed E-state index contributed by atoms with van der Waals surface area (Å²) in [6.07, 6.45) is 5.10. The molecule has 7 heteroatoms. The Morgan fingerprint density at radius 1 is 1.17 bits per heavy atom. The van der Waals surface area contributed by atoms with E-state index in [1.54, 1.807) is 0 Å². The third kappa shape index (κ3) is 8.30. The lowest BCUT2D eigenvalue weighted by atomic mass is 9.87. The summed E-state index contributed by atoms with van der Waals surface area (Å²) in [5, 5.41) is 15.0. The van der Waals surface area contributed by atoms with Gasteiger partial charge in [0.15, 0.2) is 11.8 Å². The van der Waals surface area contributed by atoms with Crippen molar-refractivity contribution in [3.63, 3.8) is 0 Å². The molecule has 0 bridgehead atoms. The van der Waals surface area contributed by atoms with E-state index in [2.05, 4.69) is 53.5 Å². The Bertz CT molecular complexity index is 495. The van der Waals surface area contributed by atoms with Crippen LogP contribution in [0.4, 0.5) is 0 Å². The van der Waals surface area contributed by atoms with Gasteiger partial charge in [-0.05, 0) is 25.7 Å². The normalized spacial score (nSPS) is 12.0. The maximum absolute atomic E-state index is 4.63. The molecule has 0 aromatic carbocycles. The van der Waals surface area contributed by atoms with Gasteiger partial charge in [-0.2, -0.15) is 0 Å². The fourth-order valence-electron chi connectivity index (χ4n) is 2.35. The van der Waals surface area contributed by atoms with E-state index in [9.17, 15) is 0 Å². The van der Waals surface area contributed by atoms with E-state index in [1.165, 1.54) is 25.7 Å². The van der Waals surface area contributed by atoms with Gasteiger partial charge in [0.2, 0.25) is 0 Å². The van der Waals surface area contributed by atoms with Crippen LogP contribution in [0.2, 0.25) is 0 Å². The molecule has 1 aromatic heterocycles. The van der Waals surface area contributed by atoms with Gasteiger partial charge in [0.1, 0.15) is 12.4 Å². The second kappa shape index (κ2) is 11.7. The number of nitrogens with zero attached hydrogens (tertiary/aromatic N) is 4. The van der Waals surface area contributed by atoms with Crippen molar-refractivity contribution in [2.75, 3.05) is 13.1 Å². The maximum Gasteiger partial charge on any atom is 0.191 e. The van der Waals surface area contributed by atoms with Crippen molar-refractivity contribution in [3.8, 4) is 0 Å². The van der Waals surface area contributed by atoms with Gasteiger partial charge in [-0.25, -0.2) is 4.99 Å². The van der Waals surface area contributed by atoms with Gasteiger partial charge in [-0.15, -0.1) is 34.2 Å². The first-order valence-corrected chi connectivity index (χ1v) is 8.76. The first kappa shape index (κ1) is 23.1. The molecule has 6 nitrogen and oxygen atoms in total. The quantitative estimate of drug-likeness (QED) is 0.262. The van der Waals surface area contributed by atoms with Crippen LogP contribution in [0, 0.1) is 12.3 Å². The largest absolute Gasteiger partial charge is 0.357 e. The van der Waals surface area contributed by atoms with Crippen LogP contribution in [-0.2, 0) is 13.6 Å². The van der Waals surface area contributed by atoms with Crippen LogP contribution < -0.4 is 10.6 Å². The van der Waals surface area contributed by atoms with Gasteiger partial charge in [0.25, 0.3) is 0 Å². The van der Waals surface area contributed by atoms with Crippen molar-refractivity contribution in [1.29, 1.82) is 0 Å². The smallest absolute Gasteiger partial charge is 0.191 e. The summed E-state index contributed by atoms with van der Waals surface area (Å²) in [5.74, 6) is 2.63. The molecule has 0 atom stereocenters. The summed E-state index contributed by atoms with van der Waals surface area (Å²) < 4.78 is 1.97. The summed E-state index contributed by atoms with van der Waals surface area (Å²) in [5.41, 5.74) is 0.271. The number of rotatable bonds is 9. The fraction of sp³-hybridized carbons (Fsp3) is 0.824. The van der Waals surface area contributed by atoms with Gasteiger partial charge < -0.3 is 15.2 Å². The monoisotopic (exact) mass is 450 g/mol. The van der Waals surface area contributed by atoms with Gasteiger partial charge in [0, 0.05) is 20.1 Å². The Kier molecular flexibility index (Phi) is 11.2. The molecule has 2 N–H and O–H groups in total. The number of halogens is 1. The van der Waals surface area contributed by atoms with Gasteiger partial charge in [-0.1, -0.05) is 40.0 Å². The zero-order valence-corrected chi connectivity index (χ0v) is 18.5. The zero-order chi connectivity index (χ0) is 17.3. The number of hydrogen-bond acceptors (Lipinski definition) is 3. The first-order valence-electron chi connectivity index (χ1n) is 8.76. The molecule has 0 radical (unpaired) electrons. The number of aromatic nitrogens is 3. The molecule has 0 aliphatic heterocycles. The van der Waals surface area contributed by atoms with E-state index in [0.29, 0.717) is 6.54 Å². The summed E-state index contributed by atoms with van der Waals surface area (Å²) in [6, 6.07) is 0. The lowest BCUT2D eigenvalue weighted by molar-refractivity contribution is 0.318. The van der Waals surface area contributed by atoms with Crippen LogP contribution in [0.15, 0.2) is 4.99 Å². The highest BCUT2D eigenvalue weighted by atomic mass is 127. The molecule has 1 aromatic rings. The Labute approximate surface area is 164 Å². The van der Waals surface area contributed by atoms with Crippen LogP contribution >= 0.6 is 24.0 Å². The Morgan fingerprint density at radius 2 is 1.88 bits per heavy atom. The maximum atomic E-state index is 4.63. The SMILES string of the molecule is CCCCCC(C)(C)CNC(=NCc1nnc(C)n1C)NCC.I. The van der Waals surface area contributed by atoms with Crippen LogP contribution in [0.1, 0.15) is 65.0 Å². The average Bonchev–Trinajstić information content (AvgIpc) is 2.82. The van der Waals surface area contributed by atoms with E-state index < -0.39 is 0 Å². The van der Waals surface area contributed by atoms with E-state index >= 15 is 0 Å². The molecular weight excluding hydrogens is 415 g/mol. The number of unbranched alkanes of at least 4 members (excludes halogenated alkanes) is 2. The molecule has 24 heavy (non-hydrogen) atoms. The predicted molar refractivity (Wildman–Crippen MR) is 112 cm³/mol. The van der Waals surface area contributed by atoms with Gasteiger partial charge in [0.05, 0.1) is 0 Å². The van der Waals surface area contributed by atoms with E-state index in [4.69, 9.17) is 0 Å². The minimum absolute atomic E-state index is 0. The lowest BCUT2D eigenvalue weighted by Gasteiger charge is -2.26. The Morgan fingerprint density at radius 3 is 2.42 bits per heavy atom. The Hall–Kier alpha value is -0.860. The molecule has 0 saturated carbocycles. The topological polar surface area (TPSA) is 67.1 Å². The standard InChI is InChI=1S/C17H34N6.HI/c1-7-9-10-11-17(4,5)13-20-16(18-8-2)19-12-15-22-21-14(3)23(15)6;/h7-13H2,1-6H3,(H2,18,19,20);1H. The number of aryl methyl sites for hydroxylation is 1. The van der Waals surface area contributed by atoms with Crippen molar-refractivity contribution in [1.82, 2.24) is 25.4 Å². The zero-order valence-electron chi connectivity index (χ0n) is 16.1. The second-order valence-corrected chi connectivity index (χ2v) is 6.89. The molecule has 0 aliphatic rings. The van der Waals surface area contributed by atoms with Gasteiger partial charge >= 0.3 is 0 Å². The third-order valence-corrected chi connectivity index (χ3v) is 4.10. The molecule has 0 aliphatic carbocycles. The summed E-state index contributed by atoms with van der Waals surface area (Å²) in [4.78, 5) is 4.63. The molecule has 1 heterocycles. The minimum Gasteiger partial charge on any atom is -0.357 e. The van der Waals surface area contributed by atoms with Crippen LogP contribution in [0.3, 0.4) is 0 Å². The summed E-state index contributed by atoms with van der Waals surface area (Å²) in [6.45, 7) is 13.2. The number of guanidine groups is 1. The highest BCUT2D eigenvalue weighted by Gasteiger charge is 2.17. The van der Waals surface area contributed by atoms with Crippen LogP contribution in [0.25, 0.3) is 0 Å². The molecule has 0 amide bonds. The fourth-order valence-corrected chi connectivity index (χ4v) is 2.35. The number of hydrogen-bond donors (Lipinski definition) is 2. The summed E-state index contributed by atoms with van der Waals surface area (Å²) in [7, 11) is 1.97. The van der Waals surface area contributed by atoms with Crippen molar-refractivity contribution in [2.45, 2.75) is 66.8 Å². The van der Waals surface area contributed by atoms with Gasteiger partial charge in [-0.3, -0.25) is 0 Å². The average molecular weight is 450 g/mol. The predicted octanol–water partition coefficient (Wildman–Crippen LogP) is 3.40.